The molecule has 1 aromatic carbocycles. The van der Waals surface area contributed by atoms with E-state index in [0.29, 0.717) is 22.6 Å². The van der Waals surface area contributed by atoms with Crippen LogP contribution in [0.4, 0.5) is 13.2 Å². The van der Waals surface area contributed by atoms with Crippen LogP contribution in [-0.2, 0) is 11.0 Å². The van der Waals surface area contributed by atoms with Crippen molar-refractivity contribution in [2.45, 2.75) is 13.1 Å². The second-order valence-electron chi connectivity index (χ2n) is 4.37. The Balaban J connectivity index is 2.31. The Hall–Kier alpha value is -2.50. The SMILES string of the molecule is Cc1oc(-c2ccc(C(F)(F)F)cc2)cc1/C=C/C(=O)O. The van der Waals surface area contributed by atoms with Crippen molar-refractivity contribution >= 4 is 12.0 Å². The van der Waals surface area contributed by atoms with Gasteiger partial charge in [0.2, 0.25) is 0 Å². The van der Waals surface area contributed by atoms with E-state index in [2.05, 4.69) is 0 Å². The summed E-state index contributed by atoms with van der Waals surface area (Å²) in [5.41, 5.74) is 0.314. The Labute approximate surface area is 118 Å². The zero-order valence-corrected chi connectivity index (χ0v) is 10.9. The highest BCUT2D eigenvalue weighted by molar-refractivity contribution is 5.85. The number of carboxylic acids is 1. The van der Waals surface area contributed by atoms with Gasteiger partial charge in [0.25, 0.3) is 0 Å². The van der Waals surface area contributed by atoms with Gasteiger partial charge in [-0.3, -0.25) is 0 Å². The average Bonchev–Trinajstić information content (AvgIpc) is 2.77. The third-order valence-corrected chi connectivity index (χ3v) is 2.86. The van der Waals surface area contributed by atoms with Gasteiger partial charge in [-0.15, -0.1) is 0 Å². The van der Waals surface area contributed by atoms with Crippen LogP contribution < -0.4 is 0 Å². The van der Waals surface area contributed by atoms with E-state index >= 15 is 0 Å². The first-order valence-electron chi connectivity index (χ1n) is 5.96. The molecular weight excluding hydrogens is 285 g/mol. The molecule has 0 radical (unpaired) electrons. The Kier molecular flexibility index (Phi) is 3.88. The van der Waals surface area contributed by atoms with E-state index in [0.717, 1.165) is 18.2 Å². The molecule has 0 saturated carbocycles. The van der Waals surface area contributed by atoms with Crippen LogP contribution in [0.15, 0.2) is 40.8 Å². The molecule has 1 N–H and O–H groups in total. The molecule has 0 aliphatic carbocycles. The highest BCUT2D eigenvalue weighted by atomic mass is 19.4. The van der Waals surface area contributed by atoms with Crippen molar-refractivity contribution in [2.24, 2.45) is 0 Å². The number of alkyl halides is 3. The molecule has 110 valence electrons. The summed E-state index contributed by atoms with van der Waals surface area (Å²) in [6, 6.07) is 6.15. The lowest BCUT2D eigenvalue weighted by Crippen LogP contribution is -2.03. The zero-order chi connectivity index (χ0) is 15.6. The molecule has 0 aliphatic rings. The van der Waals surface area contributed by atoms with Crippen LogP contribution in [0.25, 0.3) is 17.4 Å². The first-order chi connectivity index (χ1) is 9.77. The summed E-state index contributed by atoms with van der Waals surface area (Å²) in [7, 11) is 0. The third-order valence-electron chi connectivity index (χ3n) is 2.86. The van der Waals surface area contributed by atoms with E-state index in [4.69, 9.17) is 9.52 Å². The molecular formula is C15H11F3O3. The molecule has 1 heterocycles. The summed E-state index contributed by atoms with van der Waals surface area (Å²) < 4.78 is 42.9. The Morgan fingerprint density at radius 2 is 1.86 bits per heavy atom. The molecule has 0 amide bonds. The molecule has 0 aliphatic heterocycles. The smallest absolute Gasteiger partial charge is 0.416 e. The molecule has 21 heavy (non-hydrogen) atoms. The van der Waals surface area contributed by atoms with Gasteiger partial charge in [-0.25, -0.2) is 4.79 Å². The van der Waals surface area contributed by atoms with Crippen LogP contribution >= 0.6 is 0 Å². The summed E-state index contributed by atoms with van der Waals surface area (Å²) in [6.45, 7) is 1.65. The number of rotatable bonds is 3. The fourth-order valence-electron chi connectivity index (χ4n) is 1.79. The number of benzene rings is 1. The molecule has 0 saturated heterocycles. The van der Waals surface area contributed by atoms with Crippen LogP contribution in [0.3, 0.4) is 0 Å². The fourth-order valence-corrected chi connectivity index (χ4v) is 1.79. The second-order valence-corrected chi connectivity index (χ2v) is 4.37. The molecule has 0 unspecified atom stereocenters. The summed E-state index contributed by atoms with van der Waals surface area (Å²) in [6.07, 6.45) is -2.05. The Morgan fingerprint density at radius 1 is 1.24 bits per heavy atom. The first-order valence-corrected chi connectivity index (χ1v) is 5.96. The maximum absolute atomic E-state index is 12.5. The first kappa shape index (κ1) is 14.9. The van der Waals surface area contributed by atoms with Gasteiger partial charge in [-0.1, -0.05) is 12.1 Å². The van der Waals surface area contributed by atoms with Gasteiger partial charge < -0.3 is 9.52 Å². The number of carboxylic acid groups (broad SMARTS) is 1. The summed E-state index contributed by atoms with van der Waals surface area (Å²) in [4.78, 5) is 10.5. The molecule has 2 aromatic rings. The molecule has 2 rings (SSSR count). The maximum Gasteiger partial charge on any atom is 0.416 e. The van der Waals surface area contributed by atoms with Gasteiger partial charge in [-0.05, 0) is 31.2 Å². The molecule has 6 heteroatoms. The van der Waals surface area contributed by atoms with Crippen molar-refractivity contribution in [1.82, 2.24) is 0 Å². The Morgan fingerprint density at radius 3 is 2.38 bits per heavy atom. The van der Waals surface area contributed by atoms with Crippen LogP contribution in [0.1, 0.15) is 16.9 Å². The predicted molar refractivity (Wildman–Crippen MR) is 70.6 cm³/mol. The number of aryl methyl sites for hydroxylation is 1. The van der Waals surface area contributed by atoms with Crippen LogP contribution in [0, 0.1) is 6.92 Å². The van der Waals surface area contributed by atoms with Crippen LogP contribution in [0.2, 0.25) is 0 Å². The van der Waals surface area contributed by atoms with E-state index < -0.39 is 17.7 Å². The fraction of sp³-hybridized carbons (Fsp3) is 0.133. The highest BCUT2D eigenvalue weighted by Crippen LogP contribution is 2.32. The number of carbonyl (C=O) groups is 1. The highest BCUT2D eigenvalue weighted by Gasteiger charge is 2.30. The normalized spacial score (nSPS) is 12.0. The largest absolute Gasteiger partial charge is 0.478 e. The summed E-state index contributed by atoms with van der Waals surface area (Å²) in [5, 5.41) is 8.57. The average molecular weight is 296 g/mol. The van der Waals surface area contributed by atoms with E-state index in [1.165, 1.54) is 18.2 Å². The number of hydrogen-bond acceptors (Lipinski definition) is 2. The van der Waals surface area contributed by atoms with Crippen LogP contribution in [0.5, 0.6) is 0 Å². The van der Waals surface area contributed by atoms with Crippen molar-refractivity contribution in [3.63, 3.8) is 0 Å². The van der Waals surface area contributed by atoms with Gasteiger partial charge in [-0.2, -0.15) is 13.2 Å². The van der Waals surface area contributed by atoms with Crippen LogP contribution in [-0.4, -0.2) is 11.1 Å². The maximum atomic E-state index is 12.5. The third kappa shape index (κ3) is 3.53. The molecule has 0 bridgehead atoms. The van der Waals surface area contributed by atoms with Gasteiger partial charge in [0.15, 0.2) is 0 Å². The minimum absolute atomic E-state index is 0.381. The van der Waals surface area contributed by atoms with Gasteiger partial charge >= 0.3 is 12.1 Å². The lowest BCUT2D eigenvalue weighted by molar-refractivity contribution is -0.137. The number of hydrogen-bond donors (Lipinski definition) is 1. The summed E-state index contributed by atoms with van der Waals surface area (Å²) in [5.74, 6) is -0.222. The van der Waals surface area contributed by atoms with E-state index in [9.17, 15) is 18.0 Å². The molecule has 0 fully saturated rings. The van der Waals surface area contributed by atoms with E-state index in [1.54, 1.807) is 13.0 Å². The zero-order valence-electron chi connectivity index (χ0n) is 10.9. The lowest BCUT2D eigenvalue weighted by Gasteiger charge is -2.06. The van der Waals surface area contributed by atoms with Crippen molar-refractivity contribution in [3.8, 4) is 11.3 Å². The molecule has 3 nitrogen and oxygen atoms in total. The van der Waals surface area contributed by atoms with Crippen molar-refractivity contribution in [1.29, 1.82) is 0 Å². The van der Waals surface area contributed by atoms with Gasteiger partial charge in [0.1, 0.15) is 11.5 Å². The minimum Gasteiger partial charge on any atom is -0.478 e. The minimum atomic E-state index is -4.38. The van der Waals surface area contributed by atoms with Gasteiger partial charge in [0.05, 0.1) is 5.56 Å². The van der Waals surface area contributed by atoms with Crippen molar-refractivity contribution < 1.29 is 27.5 Å². The topological polar surface area (TPSA) is 50.4 Å². The van der Waals surface area contributed by atoms with E-state index in [-0.39, 0.29) is 0 Å². The van der Waals surface area contributed by atoms with Crippen molar-refractivity contribution in [3.05, 3.63) is 53.3 Å². The predicted octanol–water partition coefficient (Wildman–Crippen LogP) is 4.37. The van der Waals surface area contributed by atoms with E-state index in [1.807, 2.05) is 0 Å². The summed E-state index contributed by atoms with van der Waals surface area (Å²) >= 11 is 0. The molecule has 0 spiro atoms. The quantitative estimate of drug-likeness (QED) is 0.855. The molecule has 0 atom stereocenters. The number of furan rings is 1. The van der Waals surface area contributed by atoms with Crippen molar-refractivity contribution in [2.75, 3.05) is 0 Å². The second kappa shape index (κ2) is 5.47. The monoisotopic (exact) mass is 296 g/mol. The number of halogens is 3. The lowest BCUT2D eigenvalue weighted by atomic mass is 10.1. The van der Waals surface area contributed by atoms with Gasteiger partial charge in [0, 0.05) is 17.2 Å². The Bertz CT molecular complexity index is 679. The standard InChI is InChI=1S/C15H11F3O3/c1-9-11(4-7-14(19)20)8-13(21-9)10-2-5-12(6-3-10)15(16,17)18/h2-8H,1H3,(H,19,20)/b7-4+. The molecule has 1 aromatic heterocycles. The number of aliphatic carboxylic acids is 1.